The number of carbonyl (C=O) groups excluding carboxylic acids is 1. The molecule has 8 heteroatoms. The number of aromatic amines is 1. The Morgan fingerprint density at radius 2 is 1.86 bits per heavy atom. The number of nitrogens with one attached hydrogen (secondary N) is 2. The summed E-state index contributed by atoms with van der Waals surface area (Å²) in [5.74, 6) is -2.03. The van der Waals surface area contributed by atoms with Crippen LogP contribution in [-0.4, -0.2) is 10.9 Å². The van der Waals surface area contributed by atoms with Crippen molar-refractivity contribution in [3.8, 4) is 0 Å². The van der Waals surface area contributed by atoms with Gasteiger partial charge < -0.3 is 10.3 Å². The smallest absolute Gasteiger partial charge is 0.360 e. The molecule has 28 heavy (non-hydrogen) atoms. The lowest BCUT2D eigenvalue weighted by atomic mass is 9.99. The lowest BCUT2D eigenvalue weighted by Gasteiger charge is -2.16. The van der Waals surface area contributed by atoms with Crippen molar-refractivity contribution in [1.82, 2.24) is 4.98 Å². The van der Waals surface area contributed by atoms with Gasteiger partial charge in [-0.1, -0.05) is 26.0 Å². The van der Waals surface area contributed by atoms with E-state index in [0.717, 1.165) is 24.4 Å². The van der Waals surface area contributed by atoms with Gasteiger partial charge in [0.25, 0.3) is 5.91 Å². The lowest BCUT2D eigenvalue weighted by molar-refractivity contribution is -0.137. The highest BCUT2D eigenvalue weighted by atomic mass is 19.4. The Morgan fingerprint density at radius 1 is 1.14 bits per heavy atom. The van der Waals surface area contributed by atoms with Crippen molar-refractivity contribution >= 4 is 22.5 Å². The number of fused-ring (bicyclic) bond motifs is 1. The summed E-state index contributed by atoms with van der Waals surface area (Å²) in [7, 11) is 0. The molecule has 0 aliphatic heterocycles. The van der Waals surface area contributed by atoms with E-state index in [-0.39, 0.29) is 16.8 Å². The zero-order valence-electron chi connectivity index (χ0n) is 14.9. The molecule has 0 aliphatic carbocycles. The predicted octanol–water partition coefficient (Wildman–Crippen LogP) is 5.06. The van der Waals surface area contributed by atoms with Gasteiger partial charge in [0, 0.05) is 6.20 Å². The summed E-state index contributed by atoms with van der Waals surface area (Å²) in [6, 6.07) is 7.48. The fraction of sp³-hybridized carbons (Fsp3) is 0.200. The van der Waals surface area contributed by atoms with Gasteiger partial charge in [0.1, 0.15) is 11.4 Å². The Morgan fingerprint density at radius 3 is 2.50 bits per heavy atom. The van der Waals surface area contributed by atoms with Gasteiger partial charge in [-0.2, -0.15) is 13.2 Å². The van der Waals surface area contributed by atoms with Crippen LogP contribution in [0.5, 0.6) is 0 Å². The minimum atomic E-state index is -4.70. The fourth-order valence-corrected chi connectivity index (χ4v) is 2.85. The molecule has 3 aromatic rings. The normalized spacial score (nSPS) is 11.8. The summed E-state index contributed by atoms with van der Waals surface area (Å²) < 4.78 is 54.2. The number of aromatic nitrogens is 1. The molecule has 1 aromatic heterocycles. The number of benzene rings is 2. The van der Waals surface area contributed by atoms with Crippen LogP contribution in [0.3, 0.4) is 0 Å². The average molecular weight is 392 g/mol. The summed E-state index contributed by atoms with van der Waals surface area (Å²) in [4.78, 5) is 27.5. The van der Waals surface area contributed by atoms with Crippen LogP contribution in [0.15, 0.2) is 47.4 Å². The molecule has 1 amide bonds. The zero-order chi connectivity index (χ0) is 20.6. The number of carbonyl (C=O) groups is 1. The van der Waals surface area contributed by atoms with Crippen molar-refractivity contribution in [2.24, 2.45) is 0 Å². The third kappa shape index (κ3) is 3.62. The highest BCUT2D eigenvalue weighted by Crippen LogP contribution is 2.36. The summed E-state index contributed by atoms with van der Waals surface area (Å²) in [5, 5.41) is 1.79. The average Bonchev–Trinajstić information content (AvgIpc) is 2.61. The Bertz CT molecular complexity index is 1120. The first-order valence-corrected chi connectivity index (χ1v) is 8.42. The number of pyridine rings is 1. The lowest BCUT2D eigenvalue weighted by Crippen LogP contribution is -2.24. The molecular weight excluding hydrogens is 376 g/mol. The van der Waals surface area contributed by atoms with Gasteiger partial charge >= 0.3 is 6.18 Å². The van der Waals surface area contributed by atoms with Crippen LogP contribution in [0.25, 0.3) is 10.9 Å². The maximum atomic E-state index is 14.0. The fourth-order valence-electron chi connectivity index (χ4n) is 2.85. The minimum Gasteiger partial charge on any atom is -0.360 e. The van der Waals surface area contributed by atoms with Gasteiger partial charge in [-0.05, 0) is 35.7 Å². The maximum Gasteiger partial charge on any atom is 0.418 e. The van der Waals surface area contributed by atoms with Gasteiger partial charge in [-0.3, -0.25) is 9.59 Å². The quantitative estimate of drug-likeness (QED) is 0.612. The third-order valence-corrected chi connectivity index (χ3v) is 4.37. The topological polar surface area (TPSA) is 62.0 Å². The van der Waals surface area contributed by atoms with Crippen molar-refractivity contribution in [1.29, 1.82) is 0 Å². The summed E-state index contributed by atoms with van der Waals surface area (Å²) in [6.07, 6.45) is -3.65. The van der Waals surface area contributed by atoms with Crippen LogP contribution in [0.2, 0.25) is 0 Å². The molecule has 0 saturated heterocycles. The zero-order valence-corrected chi connectivity index (χ0v) is 14.9. The molecule has 0 saturated carbocycles. The predicted molar refractivity (Wildman–Crippen MR) is 98.0 cm³/mol. The molecule has 0 aliphatic rings. The van der Waals surface area contributed by atoms with Crippen LogP contribution >= 0.6 is 0 Å². The van der Waals surface area contributed by atoms with Crippen molar-refractivity contribution in [3.63, 3.8) is 0 Å². The Balaban J connectivity index is 2.05. The Hall–Kier alpha value is -3.16. The molecule has 0 unspecified atom stereocenters. The van der Waals surface area contributed by atoms with Crippen LogP contribution < -0.4 is 10.7 Å². The molecule has 146 valence electrons. The second-order valence-electron chi connectivity index (χ2n) is 6.61. The van der Waals surface area contributed by atoms with E-state index in [4.69, 9.17) is 0 Å². The second kappa shape index (κ2) is 7.10. The summed E-state index contributed by atoms with van der Waals surface area (Å²) in [5.41, 5.74) is -2.25. The first-order chi connectivity index (χ1) is 13.1. The molecule has 0 radical (unpaired) electrons. The molecule has 0 fully saturated rings. The van der Waals surface area contributed by atoms with Gasteiger partial charge in [-0.25, -0.2) is 4.39 Å². The SMILES string of the molecule is CC(C)c1ccc(NC(=O)c2c[nH]c3cccc(F)c3c2=O)c(C(F)(F)F)c1. The molecule has 0 bridgehead atoms. The van der Waals surface area contributed by atoms with E-state index in [9.17, 15) is 27.2 Å². The summed E-state index contributed by atoms with van der Waals surface area (Å²) in [6.45, 7) is 3.49. The standard InChI is InChI=1S/C20H16F4N2O2/c1-10(2)11-6-7-15(13(8-11)20(22,23)24)26-19(28)12-9-25-16-5-3-4-14(21)17(16)18(12)27/h3-10H,1-2H3,(H,25,27)(H,26,28). The van der Waals surface area contributed by atoms with Crippen LogP contribution in [0, 0.1) is 5.82 Å². The van der Waals surface area contributed by atoms with E-state index in [1.807, 2.05) is 0 Å². The Labute approximate surface area is 157 Å². The monoisotopic (exact) mass is 392 g/mol. The van der Waals surface area contributed by atoms with Crippen LogP contribution in [-0.2, 0) is 6.18 Å². The number of H-pyrrole nitrogens is 1. The molecule has 0 spiro atoms. The third-order valence-electron chi connectivity index (χ3n) is 4.37. The number of alkyl halides is 3. The highest BCUT2D eigenvalue weighted by Gasteiger charge is 2.34. The van der Waals surface area contributed by atoms with E-state index < -0.39 is 40.1 Å². The molecular formula is C20H16F4N2O2. The van der Waals surface area contributed by atoms with E-state index in [1.165, 1.54) is 18.2 Å². The largest absolute Gasteiger partial charge is 0.418 e. The van der Waals surface area contributed by atoms with E-state index >= 15 is 0 Å². The molecule has 1 heterocycles. The minimum absolute atomic E-state index is 0.142. The number of amides is 1. The number of hydrogen-bond donors (Lipinski definition) is 2. The number of halogens is 4. The van der Waals surface area contributed by atoms with Gasteiger partial charge in [0.05, 0.1) is 22.2 Å². The van der Waals surface area contributed by atoms with E-state index in [1.54, 1.807) is 13.8 Å². The van der Waals surface area contributed by atoms with E-state index in [0.29, 0.717) is 5.56 Å². The van der Waals surface area contributed by atoms with Gasteiger partial charge in [0.15, 0.2) is 0 Å². The first kappa shape index (κ1) is 19.6. The summed E-state index contributed by atoms with van der Waals surface area (Å²) >= 11 is 0. The number of anilines is 1. The van der Waals surface area contributed by atoms with Crippen molar-refractivity contribution < 1.29 is 22.4 Å². The molecule has 4 nitrogen and oxygen atoms in total. The van der Waals surface area contributed by atoms with Gasteiger partial charge in [0.2, 0.25) is 5.43 Å². The van der Waals surface area contributed by atoms with Crippen LogP contribution in [0.1, 0.15) is 41.3 Å². The Kier molecular flexibility index (Phi) is 4.97. The van der Waals surface area contributed by atoms with Gasteiger partial charge in [-0.15, -0.1) is 0 Å². The second-order valence-corrected chi connectivity index (χ2v) is 6.61. The molecule has 2 aromatic carbocycles. The van der Waals surface area contributed by atoms with E-state index in [2.05, 4.69) is 10.3 Å². The number of hydrogen-bond acceptors (Lipinski definition) is 2. The molecule has 2 N–H and O–H groups in total. The van der Waals surface area contributed by atoms with Crippen molar-refractivity contribution in [3.05, 3.63) is 75.3 Å². The maximum absolute atomic E-state index is 14.0. The highest BCUT2D eigenvalue weighted by molar-refractivity contribution is 6.06. The molecule has 3 rings (SSSR count). The molecule has 0 atom stereocenters. The van der Waals surface area contributed by atoms with Crippen molar-refractivity contribution in [2.45, 2.75) is 25.9 Å². The number of rotatable bonds is 3. The first-order valence-electron chi connectivity index (χ1n) is 8.42. The van der Waals surface area contributed by atoms with Crippen LogP contribution in [0.4, 0.5) is 23.2 Å². The van der Waals surface area contributed by atoms with Crippen molar-refractivity contribution in [2.75, 3.05) is 5.32 Å².